The second-order valence-corrected chi connectivity index (χ2v) is 6.92. The van der Waals surface area contributed by atoms with Gasteiger partial charge in [-0.2, -0.15) is 15.0 Å². The quantitative estimate of drug-likeness (QED) is 0.309. The lowest BCUT2D eigenvalue weighted by Crippen LogP contribution is -2.55. The second kappa shape index (κ2) is 9.22. The molecule has 2 heterocycles. The van der Waals surface area contributed by atoms with Crippen molar-refractivity contribution in [1.82, 2.24) is 19.9 Å². The van der Waals surface area contributed by atoms with E-state index in [-0.39, 0.29) is 42.8 Å². The van der Waals surface area contributed by atoms with Gasteiger partial charge >= 0.3 is 13.1 Å². The molecule has 0 aliphatic carbocycles. The lowest BCUT2D eigenvalue weighted by Gasteiger charge is -2.40. The smallest absolute Gasteiger partial charge is 0.451 e. The van der Waals surface area contributed by atoms with E-state index in [1.165, 1.54) is 29.3 Å². The third-order valence-electron chi connectivity index (χ3n) is 4.77. The van der Waals surface area contributed by atoms with Gasteiger partial charge < -0.3 is 30.1 Å². The summed E-state index contributed by atoms with van der Waals surface area (Å²) < 4.78 is 5.76. The largest absolute Gasteiger partial charge is 0.507 e. The highest BCUT2D eigenvalue weighted by molar-refractivity contribution is 6.41. The van der Waals surface area contributed by atoms with Crippen molar-refractivity contribution in [3.8, 4) is 11.5 Å². The molecule has 0 radical (unpaired) electrons. The van der Waals surface area contributed by atoms with Gasteiger partial charge in [-0.1, -0.05) is 6.07 Å². The number of nitrogens with zero attached hydrogens (tertiary/aromatic N) is 4. The molecule has 5 N–H and O–H groups in total. The first kappa shape index (κ1) is 21.1. The van der Waals surface area contributed by atoms with E-state index in [0.717, 1.165) is 0 Å². The number of phenols is 1. The number of carboxylic acids is 1. The minimum absolute atomic E-state index is 0.0262. The number of aryl methyl sites for hydroxylation is 1. The number of aliphatic hydroxyl groups is 1. The first-order chi connectivity index (χ1) is 13.9. The van der Waals surface area contributed by atoms with E-state index < -0.39 is 18.8 Å². The second-order valence-electron chi connectivity index (χ2n) is 6.92. The molecule has 1 atom stereocenters. The van der Waals surface area contributed by atoms with Crippen molar-refractivity contribution in [3.63, 3.8) is 0 Å². The number of aromatic carboxylic acids is 1. The lowest BCUT2D eigenvalue weighted by atomic mass is 9.82. The van der Waals surface area contributed by atoms with Crippen LogP contribution in [0.1, 0.15) is 22.0 Å². The molecule has 1 aromatic heterocycles. The van der Waals surface area contributed by atoms with Crippen molar-refractivity contribution in [1.29, 1.82) is 0 Å². The fraction of sp³-hybridized carbons (Fsp3) is 0.471. The van der Waals surface area contributed by atoms with E-state index in [9.17, 15) is 20.1 Å². The monoisotopic (exact) mass is 406 g/mol. The summed E-state index contributed by atoms with van der Waals surface area (Å²) in [5, 5.41) is 55.2. The van der Waals surface area contributed by atoms with E-state index in [0.29, 0.717) is 25.2 Å². The number of aromatic hydroxyl groups is 1. The zero-order chi connectivity index (χ0) is 21.0. The summed E-state index contributed by atoms with van der Waals surface area (Å²) in [4.78, 5) is 15.1. The average Bonchev–Trinajstić information content (AvgIpc) is 3.16. The van der Waals surface area contributed by atoms with Crippen LogP contribution >= 0.6 is 0 Å². The summed E-state index contributed by atoms with van der Waals surface area (Å²) >= 11 is 0. The molecule has 3 rings (SSSR count). The third-order valence-corrected chi connectivity index (χ3v) is 4.77. The Bertz CT molecular complexity index is 827. The standard InChI is InChI=1S/C17H23BN4O7/c23-10-12(22-19-5-6-20-22)7-21-8-13(9-21)29-14-2-1-11(3-4-18(27)28)16(24)15(14)17(25)26/h1-2,5-6,12-13,23-24,27-28H,3-4,7-10H2,(H,25,26)/t12-/m0/s1. The molecule has 1 aromatic carbocycles. The fourth-order valence-electron chi connectivity index (χ4n) is 3.25. The predicted molar refractivity (Wildman–Crippen MR) is 101 cm³/mol. The average molecular weight is 406 g/mol. The van der Waals surface area contributed by atoms with E-state index in [1.807, 2.05) is 4.90 Å². The van der Waals surface area contributed by atoms with Crippen molar-refractivity contribution in [2.75, 3.05) is 26.2 Å². The van der Waals surface area contributed by atoms with Crippen LogP contribution in [0.4, 0.5) is 0 Å². The highest BCUT2D eigenvalue weighted by Gasteiger charge is 2.32. The van der Waals surface area contributed by atoms with Gasteiger partial charge in [0, 0.05) is 19.6 Å². The molecule has 156 valence electrons. The maximum absolute atomic E-state index is 11.6. The number of carbonyl (C=O) groups is 1. The van der Waals surface area contributed by atoms with Crippen LogP contribution in [0.2, 0.25) is 6.32 Å². The van der Waals surface area contributed by atoms with Gasteiger partial charge in [0.25, 0.3) is 0 Å². The number of hydrogen-bond acceptors (Lipinski definition) is 9. The van der Waals surface area contributed by atoms with E-state index in [1.54, 1.807) is 0 Å². The molecular formula is C17H23BN4O7. The number of aromatic nitrogens is 3. The topological polar surface area (TPSA) is 161 Å². The Hall–Kier alpha value is -2.67. The molecule has 0 bridgehead atoms. The van der Waals surface area contributed by atoms with Crippen molar-refractivity contribution in [2.24, 2.45) is 0 Å². The van der Waals surface area contributed by atoms with Crippen LogP contribution in [-0.4, -0.2) is 90.7 Å². The summed E-state index contributed by atoms with van der Waals surface area (Å²) in [6, 6.07) is 2.70. The molecular weight excluding hydrogens is 383 g/mol. The summed E-state index contributed by atoms with van der Waals surface area (Å²) in [7, 11) is -1.54. The molecule has 0 spiro atoms. The molecule has 11 nitrogen and oxygen atoms in total. The lowest BCUT2D eigenvalue weighted by molar-refractivity contribution is 0.00217. The first-order valence-electron chi connectivity index (χ1n) is 9.19. The van der Waals surface area contributed by atoms with Gasteiger partial charge in [-0.15, -0.1) is 0 Å². The third kappa shape index (κ3) is 5.04. The Morgan fingerprint density at radius 1 is 1.28 bits per heavy atom. The minimum atomic E-state index is -1.54. The van der Waals surface area contributed by atoms with Crippen LogP contribution < -0.4 is 4.74 Å². The summed E-state index contributed by atoms with van der Waals surface area (Å²) in [5.74, 6) is -1.71. The Labute approximate surface area is 166 Å². The molecule has 0 unspecified atom stereocenters. The van der Waals surface area contributed by atoms with Gasteiger partial charge in [0.15, 0.2) is 0 Å². The summed E-state index contributed by atoms with van der Waals surface area (Å²) in [5.41, 5.74) is -0.0436. The highest BCUT2D eigenvalue weighted by atomic mass is 16.5. The Morgan fingerprint density at radius 2 is 1.97 bits per heavy atom. The highest BCUT2D eigenvalue weighted by Crippen LogP contribution is 2.34. The summed E-state index contributed by atoms with van der Waals surface area (Å²) in [6.07, 6.45) is 2.90. The van der Waals surface area contributed by atoms with Crippen LogP contribution in [-0.2, 0) is 6.42 Å². The number of rotatable bonds is 10. The van der Waals surface area contributed by atoms with Crippen molar-refractivity contribution < 1.29 is 34.9 Å². The van der Waals surface area contributed by atoms with E-state index >= 15 is 0 Å². The normalized spacial score (nSPS) is 15.7. The maximum Gasteiger partial charge on any atom is 0.451 e. The molecule has 12 heteroatoms. The maximum atomic E-state index is 11.6. The molecule has 0 amide bonds. The molecule has 0 saturated carbocycles. The number of carboxylic acid groups (broad SMARTS) is 1. The van der Waals surface area contributed by atoms with Gasteiger partial charge in [0.05, 0.1) is 19.0 Å². The Kier molecular flexibility index (Phi) is 6.69. The number of benzene rings is 1. The molecule has 1 fully saturated rings. The SMILES string of the molecule is O=C(O)c1c(OC2CN(C[C@@H](CO)n3nccn3)C2)ccc(CCB(O)O)c1O. The van der Waals surface area contributed by atoms with Gasteiger partial charge in [0.2, 0.25) is 0 Å². The number of hydrogen-bond donors (Lipinski definition) is 5. The summed E-state index contributed by atoms with van der Waals surface area (Å²) in [6.45, 7) is 1.45. The zero-order valence-corrected chi connectivity index (χ0v) is 15.6. The predicted octanol–water partition coefficient (Wildman–Crippen LogP) is -1.01. The van der Waals surface area contributed by atoms with Crippen LogP contribution in [0, 0.1) is 0 Å². The zero-order valence-electron chi connectivity index (χ0n) is 15.6. The Morgan fingerprint density at radius 3 is 2.55 bits per heavy atom. The molecule has 1 aliphatic rings. The van der Waals surface area contributed by atoms with Crippen LogP contribution in [0.5, 0.6) is 11.5 Å². The van der Waals surface area contributed by atoms with Crippen molar-refractivity contribution in [3.05, 3.63) is 35.7 Å². The molecule has 2 aromatic rings. The van der Waals surface area contributed by atoms with Crippen molar-refractivity contribution >= 4 is 13.1 Å². The van der Waals surface area contributed by atoms with Crippen molar-refractivity contribution in [2.45, 2.75) is 24.9 Å². The van der Waals surface area contributed by atoms with Crippen LogP contribution in [0.15, 0.2) is 24.5 Å². The molecule has 1 aliphatic heterocycles. The number of ether oxygens (including phenoxy) is 1. The van der Waals surface area contributed by atoms with Gasteiger partial charge in [0.1, 0.15) is 29.2 Å². The first-order valence-corrected chi connectivity index (χ1v) is 9.19. The number of likely N-dealkylation sites (tertiary alicyclic amines) is 1. The molecule has 29 heavy (non-hydrogen) atoms. The Balaban J connectivity index is 1.61. The van der Waals surface area contributed by atoms with Gasteiger partial charge in [-0.25, -0.2) is 4.79 Å². The minimum Gasteiger partial charge on any atom is -0.507 e. The molecule has 1 saturated heterocycles. The van der Waals surface area contributed by atoms with Gasteiger partial charge in [-0.05, 0) is 24.4 Å². The van der Waals surface area contributed by atoms with Crippen LogP contribution in [0.25, 0.3) is 0 Å². The van der Waals surface area contributed by atoms with Gasteiger partial charge in [-0.3, -0.25) is 4.90 Å². The fourth-order valence-corrected chi connectivity index (χ4v) is 3.25. The van der Waals surface area contributed by atoms with E-state index in [2.05, 4.69) is 10.2 Å². The number of aliphatic hydroxyl groups excluding tert-OH is 1. The van der Waals surface area contributed by atoms with E-state index in [4.69, 9.17) is 14.8 Å². The van der Waals surface area contributed by atoms with Crippen LogP contribution in [0.3, 0.4) is 0 Å².